The van der Waals surface area contributed by atoms with Crippen molar-refractivity contribution in [2.45, 2.75) is 38.1 Å². The molecule has 2 aliphatic rings. The maximum Gasteiger partial charge on any atom is 0.324 e. The van der Waals surface area contributed by atoms with Gasteiger partial charge in [0, 0.05) is 26.2 Å². The van der Waals surface area contributed by atoms with Gasteiger partial charge in [-0.05, 0) is 32.9 Å². The van der Waals surface area contributed by atoms with Gasteiger partial charge in [-0.25, -0.2) is 0 Å². The quantitative estimate of drug-likeness (QED) is 0.799. The third-order valence-corrected chi connectivity index (χ3v) is 4.87. The number of amides is 1. The van der Waals surface area contributed by atoms with E-state index in [-0.39, 0.29) is 12.5 Å². The van der Waals surface area contributed by atoms with E-state index in [2.05, 4.69) is 11.9 Å². The van der Waals surface area contributed by atoms with E-state index in [9.17, 15) is 14.7 Å². The lowest BCUT2D eigenvalue weighted by atomic mass is 9.90. The highest BCUT2D eigenvalue weighted by atomic mass is 16.4. The summed E-state index contributed by atoms with van der Waals surface area (Å²) in [6, 6.07) is 0. The number of piperazine rings is 1. The molecule has 120 valence electrons. The van der Waals surface area contributed by atoms with Gasteiger partial charge in [-0.3, -0.25) is 14.5 Å². The van der Waals surface area contributed by atoms with Crippen molar-refractivity contribution in [2.75, 3.05) is 46.3 Å². The van der Waals surface area contributed by atoms with Gasteiger partial charge in [-0.15, -0.1) is 0 Å². The van der Waals surface area contributed by atoms with Crippen LogP contribution in [0.3, 0.4) is 0 Å². The summed E-state index contributed by atoms with van der Waals surface area (Å²) >= 11 is 0. The van der Waals surface area contributed by atoms with Crippen LogP contribution in [0.25, 0.3) is 0 Å². The number of hydrogen-bond acceptors (Lipinski definition) is 4. The van der Waals surface area contributed by atoms with Crippen molar-refractivity contribution in [3.63, 3.8) is 0 Å². The molecule has 1 amide bonds. The minimum Gasteiger partial charge on any atom is -0.480 e. The van der Waals surface area contributed by atoms with E-state index in [1.807, 2.05) is 16.7 Å². The van der Waals surface area contributed by atoms with E-state index in [0.717, 1.165) is 39.0 Å². The summed E-state index contributed by atoms with van der Waals surface area (Å²) in [4.78, 5) is 30.2. The summed E-state index contributed by atoms with van der Waals surface area (Å²) in [7, 11) is 2.05. The monoisotopic (exact) mass is 297 g/mol. The number of likely N-dealkylation sites (tertiary alicyclic amines) is 1. The van der Waals surface area contributed by atoms with Gasteiger partial charge in [0.25, 0.3) is 0 Å². The molecule has 2 aliphatic heterocycles. The molecule has 21 heavy (non-hydrogen) atoms. The number of carbonyl (C=O) groups is 2. The second kappa shape index (κ2) is 6.75. The normalized spacial score (nSPS) is 28.0. The minimum atomic E-state index is -0.822. The van der Waals surface area contributed by atoms with Crippen LogP contribution in [0.15, 0.2) is 0 Å². The predicted octanol–water partition coefficient (Wildman–Crippen LogP) is 0.480. The zero-order valence-corrected chi connectivity index (χ0v) is 13.2. The molecule has 0 bridgehead atoms. The average molecular weight is 297 g/mol. The van der Waals surface area contributed by atoms with E-state index >= 15 is 0 Å². The van der Waals surface area contributed by atoms with Gasteiger partial charge in [0.05, 0.1) is 6.54 Å². The van der Waals surface area contributed by atoms with E-state index in [1.54, 1.807) is 0 Å². The molecule has 2 rings (SSSR count). The lowest BCUT2D eigenvalue weighted by molar-refractivity contribution is -0.152. The van der Waals surface area contributed by atoms with Crippen molar-refractivity contribution in [3.05, 3.63) is 0 Å². The summed E-state index contributed by atoms with van der Waals surface area (Å²) in [6.07, 6.45) is 2.97. The molecule has 2 fully saturated rings. The third kappa shape index (κ3) is 3.37. The van der Waals surface area contributed by atoms with E-state index in [1.165, 1.54) is 0 Å². The lowest BCUT2D eigenvalue weighted by Crippen LogP contribution is -2.55. The van der Waals surface area contributed by atoms with Crippen molar-refractivity contribution >= 4 is 11.9 Å². The first-order chi connectivity index (χ1) is 9.99. The second-order valence-corrected chi connectivity index (χ2v) is 6.30. The van der Waals surface area contributed by atoms with Crippen molar-refractivity contribution in [1.29, 1.82) is 0 Å². The summed E-state index contributed by atoms with van der Waals surface area (Å²) in [5.74, 6) is -0.695. The Hall–Kier alpha value is -1.14. The van der Waals surface area contributed by atoms with Crippen molar-refractivity contribution in [3.8, 4) is 0 Å². The van der Waals surface area contributed by atoms with Crippen molar-refractivity contribution in [2.24, 2.45) is 0 Å². The lowest BCUT2D eigenvalue weighted by Gasteiger charge is -2.37. The smallest absolute Gasteiger partial charge is 0.324 e. The zero-order valence-electron chi connectivity index (χ0n) is 13.2. The fourth-order valence-corrected chi connectivity index (χ4v) is 3.53. The molecule has 0 aromatic rings. The number of carbonyl (C=O) groups excluding carboxylic acids is 1. The van der Waals surface area contributed by atoms with Crippen LogP contribution in [0.1, 0.15) is 32.6 Å². The SMILES string of the molecule is CCCC1(C(=O)O)CCCN1CC(=O)N1CCN(C)CC1. The minimum absolute atomic E-state index is 0.0757. The Labute approximate surface area is 126 Å². The molecule has 0 saturated carbocycles. The molecule has 1 unspecified atom stereocenters. The molecule has 6 heteroatoms. The third-order valence-electron chi connectivity index (χ3n) is 4.87. The van der Waals surface area contributed by atoms with Crippen molar-refractivity contribution in [1.82, 2.24) is 14.7 Å². The van der Waals surface area contributed by atoms with Gasteiger partial charge in [0.15, 0.2) is 0 Å². The highest BCUT2D eigenvalue weighted by molar-refractivity contribution is 5.82. The van der Waals surface area contributed by atoms with Crippen LogP contribution in [0.5, 0.6) is 0 Å². The highest BCUT2D eigenvalue weighted by Crippen LogP contribution is 2.33. The Bertz CT molecular complexity index is 394. The first kappa shape index (κ1) is 16.2. The molecular formula is C15H27N3O3. The van der Waals surface area contributed by atoms with Crippen LogP contribution in [0, 0.1) is 0 Å². The number of carboxylic acids is 1. The van der Waals surface area contributed by atoms with E-state index < -0.39 is 11.5 Å². The molecule has 0 aromatic heterocycles. The molecule has 2 saturated heterocycles. The van der Waals surface area contributed by atoms with Crippen molar-refractivity contribution < 1.29 is 14.7 Å². The molecule has 0 aliphatic carbocycles. The summed E-state index contributed by atoms with van der Waals surface area (Å²) < 4.78 is 0. The first-order valence-electron chi connectivity index (χ1n) is 7.94. The maximum atomic E-state index is 12.4. The Morgan fingerprint density at radius 2 is 1.81 bits per heavy atom. The first-order valence-corrected chi connectivity index (χ1v) is 7.94. The van der Waals surface area contributed by atoms with Gasteiger partial charge in [0.2, 0.25) is 5.91 Å². The Morgan fingerprint density at radius 1 is 1.14 bits per heavy atom. The molecule has 1 N–H and O–H groups in total. The number of likely N-dealkylation sites (N-methyl/N-ethyl adjacent to an activating group) is 1. The number of nitrogens with zero attached hydrogens (tertiary/aromatic N) is 3. The molecule has 0 spiro atoms. The van der Waals surface area contributed by atoms with Gasteiger partial charge >= 0.3 is 5.97 Å². The van der Waals surface area contributed by atoms with Gasteiger partial charge < -0.3 is 14.9 Å². The van der Waals surface area contributed by atoms with E-state index in [4.69, 9.17) is 0 Å². The molecular weight excluding hydrogens is 270 g/mol. The van der Waals surface area contributed by atoms with Crippen LogP contribution >= 0.6 is 0 Å². The van der Waals surface area contributed by atoms with Gasteiger partial charge in [-0.2, -0.15) is 0 Å². The highest BCUT2D eigenvalue weighted by Gasteiger charge is 2.47. The number of aliphatic carboxylic acids is 1. The van der Waals surface area contributed by atoms with Crippen LogP contribution in [-0.2, 0) is 9.59 Å². The van der Waals surface area contributed by atoms with E-state index in [0.29, 0.717) is 19.4 Å². The topological polar surface area (TPSA) is 64.1 Å². The second-order valence-electron chi connectivity index (χ2n) is 6.30. The Kier molecular flexibility index (Phi) is 5.22. The fourth-order valence-electron chi connectivity index (χ4n) is 3.53. The van der Waals surface area contributed by atoms with Crippen LogP contribution < -0.4 is 0 Å². The fraction of sp³-hybridized carbons (Fsp3) is 0.867. The van der Waals surface area contributed by atoms with Crippen LogP contribution in [-0.4, -0.2) is 83.5 Å². The molecule has 2 heterocycles. The average Bonchev–Trinajstić information content (AvgIpc) is 2.84. The maximum absolute atomic E-state index is 12.4. The number of hydrogen-bond donors (Lipinski definition) is 1. The van der Waals surface area contributed by atoms with Crippen LogP contribution in [0.4, 0.5) is 0 Å². The molecule has 1 atom stereocenters. The standard InChI is InChI=1S/C15H27N3O3/c1-3-5-15(14(20)21)6-4-7-18(15)12-13(19)17-10-8-16(2)9-11-17/h3-12H2,1-2H3,(H,20,21). The Morgan fingerprint density at radius 3 is 2.38 bits per heavy atom. The van der Waals surface area contributed by atoms with Gasteiger partial charge in [0.1, 0.15) is 5.54 Å². The largest absolute Gasteiger partial charge is 0.480 e. The summed E-state index contributed by atoms with van der Waals surface area (Å²) in [5.41, 5.74) is -0.822. The summed E-state index contributed by atoms with van der Waals surface area (Å²) in [5, 5.41) is 9.65. The summed E-state index contributed by atoms with van der Waals surface area (Å²) in [6.45, 7) is 6.24. The Balaban J connectivity index is 2.00. The number of rotatable bonds is 5. The molecule has 0 aromatic carbocycles. The van der Waals surface area contributed by atoms with Crippen LogP contribution in [0.2, 0.25) is 0 Å². The molecule has 0 radical (unpaired) electrons. The number of carboxylic acid groups (broad SMARTS) is 1. The predicted molar refractivity (Wildman–Crippen MR) is 80.2 cm³/mol. The molecule has 6 nitrogen and oxygen atoms in total. The van der Waals surface area contributed by atoms with Gasteiger partial charge in [-0.1, -0.05) is 13.3 Å². The zero-order chi connectivity index (χ0) is 15.5.